The van der Waals surface area contributed by atoms with Gasteiger partial charge >= 0.3 is 0 Å². The summed E-state index contributed by atoms with van der Waals surface area (Å²) < 4.78 is 2.17. The lowest BCUT2D eigenvalue weighted by molar-refractivity contribution is 0.264. The lowest BCUT2D eigenvalue weighted by atomic mass is 10.1. The van der Waals surface area contributed by atoms with Gasteiger partial charge in [-0.2, -0.15) is 0 Å². The van der Waals surface area contributed by atoms with Gasteiger partial charge in [0.15, 0.2) is 0 Å². The number of imidazole rings is 2. The number of benzene rings is 2. The fraction of sp³-hybridized carbons (Fsp3) is 0.167. The van der Waals surface area contributed by atoms with Gasteiger partial charge in [0, 0.05) is 50.3 Å². The van der Waals surface area contributed by atoms with E-state index < -0.39 is 0 Å². The Labute approximate surface area is 225 Å². The van der Waals surface area contributed by atoms with Gasteiger partial charge in [-0.25, -0.2) is 15.0 Å². The van der Waals surface area contributed by atoms with Gasteiger partial charge in [0.1, 0.15) is 22.2 Å². The Morgan fingerprint density at radius 3 is 2.42 bits per heavy atom. The van der Waals surface area contributed by atoms with E-state index in [-0.39, 0.29) is 0 Å². The molecule has 0 fully saturated rings. The van der Waals surface area contributed by atoms with E-state index in [9.17, 15) is 0 Å². The van der Waals surface area contributed by atoms with E-state index in [1.807, 2.05) is 37.4 Å². The molecule has 0 aliphatic heterocycles. The number of nitrogens with zero attached hydrogens (tertiary/aromatic N) is 5. The Hall–Kier alpha value is -4.11. The molecule has 0 unspecified atom stereocenters. The Kier molecular flexibility index (Phi) is 6.83. The number of hydrogen-bond acceptors (Lipinski definition) is 6. The van der Waals surface area contributed by atoms with Gasteiger partial charge in [0.25, 0.3) is 0 Å². The van der Waals surface area contributed by atoms with E-state index in [4.69, 9.17) is 15.7 Å². The Balaban J connectivity index is 1.39. The van der Waals surface area contributed by atoms with Crippen LogP contribution >= 0.6 is 11.3 Å². The molecule has 6 aromatic rings. The number of rotatable bonds is 9. The van der Waals surface area contributed by atoms with Crippen LogP contribution in [0.15, 0.2) is 91.4 Å². The molecule has 0 aliphatic carbocycles. The van der Waals surface area contributed by atoms with Crippen LogP contribution in [0, 0.1) is 6.92 Å². The van der Waals surface area contributed by atoms with E-state index in [0.29, 0.717) is 6.54 Å². The molecule has 190 valence electrons. The van der Waals surface area contributed by atoms with Crippen LogP contribution in [-0.4, -0.2) is 42.3 Å². The molecule has 4 heterocycles. The highest BCUT2D eigenvalue weighted by molar-refractivity contribution is 7.18. The maximum absolute atomic E-state index is 5.96. The zero-order valence-electron chi connectivity index (χ0n) is 21.2. The topological polar surface area (TPSA) is 88.1 Å². The summed E-state index contributed by atoms with van der Waals surface area (Å²) in [6.07, 6.45) is 5.81. The molecule has 0 spiro atoms. The lowest BCUT2D eigenvalue weighted by Crippen LogP contribution is -2.28. The molecule has 6 rings (SSSR count). The molecule has 0 saturated heterocycles. The number of H-pyrrole nitrogens is 1. The van der Waals surface area contributed by atoms with E-state index in [2.05, 4.69) is 74.0 Å². The summed E-state index contributed by atoms with van der Waals surface area (Å²) in [5, 5.41) is 0.917. The maximum atomic E-state index is 5.96. The Morgan fingerprint density at radius 2 is 1.68 bits per heavy atom. The highest BCUT2D eigenvalue weighted by Crippen LogP contribution is 2.40. The first-order valence-electron chi connectivity index (χ1n) is 12.7. The minimum Gasteiger partial charge on any atom is -0.344 e. The summed E-state index contributed by atoms with van der Waals surface area (Å²) in [5.41, 5.74) is 13.3. The average molecular weight is 520 g/mol. The van der Waals surface area contributed by atoms with Gasteiger partial charge in [0.05, 0.1) is 16.3 Å². The molecule has 0 radical (unpaired) electrons. The number of nitrogens with one attached hydrogen (secondary N) is 1. The van der Waals surface area contributed by atoms with Crippen molar-refractivity contribution in [1.29, 1.82) is 0 Å². The minimum atomic E-state index is 0.613. The predicted octanol–water partition coefficient (Wildman–Crippen LogP) is 5.78. The normalized spacial score (nSPS) is 11.6. The van der Waals surface area contributed by atoms with Crippen LogP contribution in [0.1, 0.15) is 16.8 Å². The van der Waals surface area contributed by atoms with E-state index >= 15 is 0 Å². The zero-order valence-corrected chi connectivity index (χ0v) is 22.0. The highest BCUT2D eigenvalue weighted by Gasteiger charge is 2.21. The highest BCUT2D eigenvalue weighted by atomic mass is 32.1. The van der Waals surface area contributed by atoms with Crippen molar-refractivity contribution in [3.63, 3.8) is 0 Å². The van der Waals surface area contributed by atoms with Gasteiger partial charge in [-0.05, 0) is 24.1 Å². The molecular weight excluding hydrogens is 490 g/mol. The van der Waals surface area contributed by atoms with Crippen molar-refractivity contribution in [2.24, 2.45) is 5.73 Å². The summed E-state index contributed by atoms with van der Waals surface area (Å²) in [5.74, 6) is 0.818. The smallest absolute Gasteiger partial charge is 0.149 e. The predicted molar refractivity (Wildman–Crippen MR) is 154 cm³/mol. The second kappa shape index (κ2) is 10.7. The Bertz CT molecular complexity index is 1640. The molecule has 4 aromatic heterocycles. The van der Waals surface area contributed by atoms with Crippen molar-refractivity contribution in [2.45, 2.75) is 20.0 Å². The van der Waals surface area contributed by atoms with Crippen molar-refractivity contribution in [3.8, 4) is 32.7 Å². The van der Waals surface area contributed by atoms with E-state index in [0.717, 1.165) is 63.6 Å². The van der Waals surface area contributed by atoms with Crippen LogP contribution in [0.5, 0.6) is 0 Å². The molecule has 2 aromatic carbocycles. The van der Waals surface area contributed by atoms with Crippen molar-refractivity contribution >= 4 is 17.0 Å². The van der Waals surface area contributed by atoms with Crippen LogP contribution < -0.4 is 5.73 Å². The number of nitrogens with two attached hydrogens (primary N) is 1. The number of aryl methyl sites for hydroxylation is 1. The van der Waals surface area contributed by atoms with Crippen LogP contribution in [0.4, 0.5) is 0 Å². The van der Waals surface area contributed by atoms with Gasteiger partial charge in [0.2, 0.25) is 0 Å². The third kappa shape index (κ3) is 4.89. The Morgan fingerprint density at radius 1 is 0.921 bits per heavy atom. The first-order valence-corrected chi connectivity index (χ1v) is 13.5. The molecule has 0 amide bonds. The molecule has 7 nitrogen and oxygen atoms in total. The van der Waals surface area contributed by atoms with E-state index in [1.165, 1.54) is 11.1 Å². The fourth-order valence-corrected chi connectivity index (χ4v) is 5.96. The summed E-state index contributed by atoms with van der Waals surface area (Å²) in [6.45, 7) is 5.13. The first-order chi connectivity index (χ1) is 18.7. The van der Waals surface area contributed by atoms with Crippen molar-refractivity contribution in [1.82, 2.24) is 29.2 Å². The molecular formula is C30H29N7S. The third-order valence-corrected chi connectivity index (χ3v) is 7.61. The SMILES string of the molecule is Cc1nc2ccc(CN(CCN)Cc3ccccc3)cn2c1-c1nc(-c2ccccc2)c(-c2ncc[nH]2)s1. The summed E-state index contributed by atoms with van der Waals surface area (Å²) in [7, 11) is 0. The zero-order chi connectivity index (χ0) is 25.9. The quantitative estimate of drug-likeness (QED) is 0.253. The van der Waals surface area contributed by atoms with Crippen LogP contribution in [0.25, 0.3) is 38.3 Å². The summed E-state index contributed by atoms with van der Waals surface area (Å²) in [6, 6.07) is 25.0. The van der Waals surface area contributed by atoms with Gasteiger partial charge in [-0.3, -0.25) is 9.30 Å². The molecule has 0 aliphatic rings. The summed E-state index contributed by atoms with van der Waals surface area (Å²) >= 11 is 1.64. The van der Waals surface area contributed by atoms with Crippen molar-refractivity contribution < 1.29 is 0 Å². The summed E-state index contributed by atoms with van der Waals surface area (Å²) in [4.78, 5) is 21.2. The first kappa shape index (κ1) is 24.2. The van der Waals surface area contributed by atoms with Crippen LogP contribution in [0.3, 0.4) is 0 Å². The lowest BCUT2D eigenvalue weighted by Gasteiger charge is -2.22. The monoisotopic (exact) mass is 519 g/mol. The van der Waals surface area contributed by atoms with Gasteiger partial charge in [-0.15, -0.1) is 11.3 Å². The molecule has 0 saturated carbocycles. The number of hydrogen-bond donors (Lipinski definition) is 2. The molecule has 38 heavy (non-hydrogen) atoms. The molecule has 0 atom stereocenters. The fourth-order valence-electron chi connectivity index (χ4n) is 4.82. The van der Waals surface area contributed by atoms with Crippen molar-refractivity contribution in [3.05, 3.63) is 108 Å². The second-order valence-electron chi connectivity index (χ2n) is 9.30. The number of aromatic amines is 1. The molecule has 3 N–H and O–H groups in total. The van der Waals surface area contributed by atoms with E-state index in [1.54, 1.807) is 17.5 Å². The number of aromatic nitrogens is 5. The standard InChI is InChI=1S/C30H29N7S/c1-21-27(30-35-26(24-10-6-3-7-11-24)28(38-30)29-32-15-16-33-29)37-20-23(12-13-25(37)34-21)19-36(17-14-31)18-22-8-4-2-5-9-22/h2-13,15-16,20H,14,17-19,31H2,1H3,(H,32,33). The number of pyridine rings is 1. The van der Waals surface area contributed by atoms with Crippen molar-refractivity contribution in [2.75, 3.05) is 13.1 Å². The van der Waals surface area contributed by atoms with Gasteiger partial charge in [-0.1, -0.05) is 66.7 Å². The molecule has 8 heteroatoms. The van der Waals surface area contributed by atoms with Crippen LogP contribution in [0.2, 0.25) is 0 Å². The number of fused-ring (bicyclic) bond motifs is 1. The number of thiazole rings is 1. The third-order valence-electron chi connectivity index (χ3n) is 6.54. The maximum Gasteiger partial charge on any atom is 0.149 e. The largest absolute Gasteiger partial charge is 0.344 e. The molecule has 0 bridgehead atoms. The second-order valence-corrected chi connectivity index (χ2v) is 10.3. The minimum absolute atomic E-state index is 0.613. The van der Waals surface area contributed by atoms with Gasteiger partial charge < -0.3 is 10.7 Å². The van der Waals surface area contributed by atoms with Crippen LogP contribution in [-0.2, 0) is 13.1 Å². The average Bonchev–Trinajstić information content (AvgIpc) is 3.68.